The molecule has 5 rings (SSSR count). The largest absolute Gasteiger partial charge is 0.465 e. The molecule has 0 radical (unpaired) electrons. The molecule has 0 aliphatic carbocycles. The Hall–Kier alpha value is -3.35. The molecule has 5 heterocycles. The van der Waals surface area contributed by atoms with Crippen LogP contribution in [0.2, 0.25) is 0 Å². The van der Waals surface area contributed by atoms with E-state index in [2.05, 4.69) is 15.4 Å². The number of carbonyl (C=O) groups is 2. The van der Waals surface area contributed by atoms with Gasteiger partial charge in [-0.05, 0) is 25.0 Å². The number of pyridine rings is 1. The maximum absolute atomic E-state index is 13.8. The average molecular weight is 509 g/mol. The topological polar surface area (TPSA) is 104 Å². The Morgan fingerprint density at radius 2 is 1.91 bits per heavy atom. The lowest BCUT2D eigenvalue weighted by molar-refractivity contribution is -0.136. The minimum Gasteiger partial charge on any atom is -0.465 e. The summed E-state index contributed by atoms with van der Waals surface area (Å²) in [6, 6.07) is 3.01. The second kappa shape index (κ2) is 8.70. The fourth-order valence-corrected chi connectivity index (χ4v) is 5.74. The third kappa shape index (κ3) is 4.28. The van der Waals surface area contributed by atoms with Crippen LogP contribution in [0, 0.1) is 0 Å². The molecule has 2 N–H and O–H groups in total. The molecule has 35 heavy (non-hydrogen) atoms. The predicted molar refractivity (Wildman–Crippen MR) is 123 cm³/mol. The lowest BCUT2D eigenvalue weighted by atomic mass is 9.93. The molecule has 9 nitrogen and oxygen atoms in total. The summed E-state index contributed by atoms with van der Waals surface area (Å²) in [4.78, 5) is 31.1. The van der Waals surface area contributed by atoms with E-state index in [1.807, 2.05) is 15.6 Å². The van der Waals surface area contributed by atoms with Gasteiger partial charge in [0, 0.05) is 38.0 Å². The Bertz CT molecular complexity index is 1300. The Labute approximate surface area is 202 Å². The Balaban J connectivity index is 1.38. The summed E-state index contributed by atoms with van der Waals surface area (Å²) >= 11 is 0.866. The van der Waals surface area contributed by atoms with E-state index in [9.17, 15) is 27.9 Å². The average Bonchev–Trinajstić information content (AvgIpc) is 3.46. The molecule has 3 aromatic rings. The van der Waals surface area contributed by atoms with E-state index >= 15 is 0 Å². The van der Waals surface area contributed by atoms with E-state index in [0.29, 0.717) is 45.6 Å². The van der Waals surface area contributed by atoms with Gasteiger partial charge >= 0.3 is 12.3 Å². The summed E-state index contributed by atoms with van der Waals surface area (Å²) in [6.45, 7) is 2.16. The number of anilines is 1. The van der Waals surface area contributed by atoms with Gasteiger partial charge < -0.3 is 20.2 Å². The van der Waals surface area contributed by atoms with E-state index in [4.69, 9.17) is 0 Å². The number of nitrogens with zero attached hydrogens (tertiary/aromatic N) is 5. The SMILES string of the molecule is CNC(=O)c1csc2c(C(F)(F)F)cc(N3CCC(c4cc5n(n4)CCN(C(=O)O)C5)CC3)nc12. The highest BCUT2D eigenvalue weighted by Crippen LogP contribution is 2.41. The number of nitrogens with one attached hydrogen (secondary N) is 1. The van der Waals surface area contributed by atoms with Crippen LogP contribution in [0.15, 0.2) is 17.5 Å². The number of alkyl halides is 3. The van der Waals surface area contributed by atoms with Crippen molar-refractivity contribution in [2.24, 2.45) is 0 Å². The van der Waals surface area contributed by atoms with E-state index in [1.54, 1.807) is 0 Å². The summed E-state index contributed by atoms with van der Waals surface area (Å²) in [7, 11) is 1.43. The Morgan fingerprint density at radius 3 is 2.57 bits per heavy atom. The van der Waals surface area contributed by atoms with E-state index < -0.39 is 23.7 Å². The van der Waals surface area contributed by atoms with Gasteiger partial charge in [-0.15, -0.1) is 11.3 Å². The van der Waals surface area contributed by atoms with E-state index in [1.165, 1.54) is 17.3 Å². The number of carboxylic acid groups (broad SMARTS) is 1. The molecule has 2 amide bonds. The van der Waals surface area contributed by atoms with Crippen LogP contribution in [0.4, 0.5) is 23.8 Å². The predicted octanol–water partition coefficient (Wildman–Crippen LogP) is 3.75. The van der Waals surface area contributed by atoms with Crippen molar-refractivity contribution in [1.82, 2.24) is 25.0 Å². The van der Waals surface area contributed by atoms with Crippen LogP contribution in [0.1, 0.15) is 46.1 Å². The minimum atomic E-state index is -4.57. The van der Waals surface area contributed by atoms with Gasteiger partial charge in [0.2, 0.25) is 0 Å². The Kier molecular flexibility index (Phi) is 5.82. The molecule has 0 saturated carbocycles. The maximum Gasteiger partial charge on any atom is 0.417 e. The van der Waals surface area contributed by atoms with Crippen molar-refractivity contribution in [3.05, 3.63) is 40.0 Å². The molecule has 0 bridgehead atoms. The lowest BCUT2D eigenvalue weighted by Crippen LogP contribution is -2.37. The lowest BCUT2D eigenvalue weighted by Gasteiger charge is -2.32. The number of carbonyl (C=O) groups excluding carboxylic acids is 1. The maximum atomic E-state index is 13.8. The number of aromatic nitrogens is 3. The molecule has 0 spiro atoms. The van der Waals surface area contributed by atoms with Crippen LogP contribution < -0.4 is 10.2 Å². The summed E-state index contributed by atoms with van der Waals surface area (Å²) in [5.41, 5.74) is 1.13. The normalized spacial score (nSPS) is 17.0. The number of piperidine rings is 1. The molecule has 0 aromatic carbocycles. The standard InChI is InChI=1S/C22H23F3N6O3S/c1-26-20(32)14-11-35-19-15(22(23,24)25)9-17(27-18(14)19)29-4-2-12(3-5-29)16-8-13-10-30(21(33)34)6-7-31(13)28-16/h8-9,11-12H,2-7,10H2,1H3,(H,26,32)(H,33,34). The second-order valence-electron chi connectivity index (χ2n) is 8.68. The molecule has 2 aliphatic rings. The molecule has 13 heteroatoms. The summed E-state index contributed by atoms with van der Waals surface area (Å²) in [5.74, 6) is -0.151. The van der Waals surface area contributed by atoms with Crippen molar-refractivity contribution in [2.75, 3.05) is 31.6 Å². The van der Waals surface area contributed by atoms with Gasteiger partial charge in [0.05, 0.1) is 45.8 Å². The van der Waals surface area contributed by atoms with E-state index in [0.717, 1.165) is 28.8 Å². The van der Waals surface area contributed by atoms with Crippen molar-refractivity contribution in [3.63, 3.8) is 0 Å². The van der Waals surface area contributed by atoms with Crippen LogP contribution in [0.25, 0.3) is 10.2 Å². The minimum absolute atomic E-state index is 0.0475. The zero-order chi connectivity index (χ0) is 24.9. The Morgan fingerprint density at radius 1 is 1.17 bits per heavy atom. The van der Waals surface area contributed by atoms with Crippen LogP contribution in [0.3, 0.4) is 0 Å². The van der Waals surface area contributed by atoms with Crippen molar-refractivity contribution in [2.45, 2.75) is 38.0 Å². The molecule has 0 atom stereocenters. The zero-order valence-electron chi connectivity index (χ0n) is 18.8. The number of amides is 2. The molecule has 1 saturated heterocycles. The zero-order valence-corrected chi connectivity index (χ0v) is 19.6. The first-order valence-corrected chi connectivity index (χ1v) is 12.0. The number of thiophene rings is 1. The number of rotatable bonds is 3. The highest BCUT2D eigenvalue weighted by atomic mass is 32.1. The van der Waals surface area contributed by atoms with E-state index in [-0.39, 0.29) is 27.5 Å². The molecule has 1 fully saturated rings. The third-order valence-corrected chi connectivity index (χ3v) is 7.61. The smallest absolute Gasteiger partial charge is 0.417 e. The fraction of sp³-hybridized carbons (Fsp3) is 0.455. The van der Waals surface area contributed by atoms with Gasteiger partial charge in [-0.25, -0.2) is 9.78 Å². The first kappa shape index (κ1) is 23.4. The summed E-state index contributed by atoms with van der Waals surface area (Å²) in [6.07, 6.45) is -4.18. The second-order valence-corrected chi connectivity index (χ2v) is 9.56. The first-order chi connectivity index (χ1) is 16.7. The number of halogens is 3. The van der Waals surface area contributed by atoms with Gasteiger partial charge in [-0.1, -0.05) is 0 Å². The third-order valence-electron chi connectivity index (χ3n) is 6.61. The highest BCUT2D eigenvalue weighted by Gasteiger charge is 2.36. The molecular formula is C22H23F3N6O3S. The number of hydrogen-bond acceptors (Lipinski definition) is 6. The summed E-state index contributed by atoms with van der Waals surface area (Å²) in [5, 5.41) is 17.8. The molecular weight excluding hydrogens is 485 g/mol. The molecule has 186 valence electrons. The molecule has 3 aromatic heterocycles. The first-order valence-electron chi connectivity index (χ1n) is 11.2. The van der Waals surface area contributed by atoms with Crippen molar-refractivity contribution in [3.8, 4) is 0 Å². The fourth-order valence-electron chi connectivity index (χ4n) is 4.72. The number of hydrogen-bond donors (Lipinski definition) is 2. The van der Waals surface area contributed by atoms with Gasteiger partial charge in [0.1, 0.15) is 5.82 Å². The quantitative estimate of drug-likeness (QED) is 0.559. The van der Waals surface area contributed by atoms with Gasteiger partial charge in [0.15, 0.2) is 0 Å². The van der Waals surface area contributed by atoms with Crippen molar-refractivity contribution in [1.29, 1.82) is 0 Å². The van der Waals surface area contributed by atoms with Crippen molar-refractivity contribution >= 4 is 39.4 Å². The number of fused-ring (bicyclic) bond motifs is 2. The molecule has 0 unspecified atom stereocenters. The summed E-state index contributed by atoms with van der Waals surface area (Å²) < 4.78 is 43.3. The van der Waals surface area contributed by atoms with Crippen molar-refractivity contribution < 1.29 is 27.9 Å². The van der Waals surface area contributed by atoms with Gasteiger partial charge in [-0.3, -0.25) is 9.48 Å². The van der Waals surface area contributed by atoms with Gasteiger partial charge in [-0.2, -0.15) is 18.3 Å². The van der Waals surface area contributed by atoms with Gasteiger partial charge in [0.25, 0.3) is 5.91 Å². The van der Waals surface area contributed by atoms with Crippen LogP contribution in [0.5, 0.6) is 0 Å². The highest BCUT2D eigenvalue weighted by molar-refractivity contribution is 7.17. The van der Waals surface area contributed by atoms with Crippen LogP contribution >= 0.6 is 11.3 Å². The van der Waals surface area contributed by atoms with Crippen LogP contribution in [-0.4, -0.2) is 63.5 Å². The monoisotopic (exact) mass is 508 g/mol. The van der Waals surface area contributed by atoms with Crippen LogP contribution in [-0.2, 0) is 19.3 Å². The molecule has 2 aliphatic heterocycles.